The van der Waals surface area contributed by atoms with Crippen molar-refractivity contribution in [3.8, 4) is 0 Å². The number of amides is 2. The molecule has 1 fully saturated rings. The molecule has 0 radical (unpaired) electrons. The molecule has 0 aliphatic carbocycles. The van der Waals surface area contributed by atoms with E-state index >= 15 is 0 Å². The second-order valence-electron chi connectivity index (χ2n) is 7.50. The number of nitrogens with one attached hydrogen (secondary N) is 1. The maximum atomic E-state index is 12.5. The number of hydrogen-bond donors (Lipinski definition) is 1. The Bertz CT molecular complexity index is 912. The van der Waals surface area contributed by atoms with Crippen molar-refractivity contribution < 1.29 is 14.3 Å². The lowest BCUT2D eigenvalue weighted by molar-refractivity contribution is -0.116. The summed E-state index contributed by atoms with van der Waals surface area (Å²) in [5, 5.41) is 2.80. The lowest BCUT2D eigenvalue weighted by Crippen LogP contribution is -2.45. The van der Waals surface area contributed by atoms with E-state index in [1.54, 1.807) is 18.3 Å². The molecule has 7 nitrogen and oxygen atoms in total. The standard InChI is InChI=1S/C22H24N4O3/c1-14-11-25(12-15(2)29-14)20-9-8-17(10-23-20)24-21(27)13-26-16(3)18-6-4-5-7-19(18)22(26)28/h4-10,14-15H,3,11-13H2,1-2H3,(H,24,27). The lowest BCUT2D eigenvalue weighted by Gasteiger charge is -2.36. The van der Waals surface area contributed by atoms with Gasteiger partial charge in [-0.2, -0.15) is 0 Å². The summed E-state index contributed by atoms with van der Waals surface area (Å²) in [5.74, 6) is 0.351. The molecule has 2 amide bonds. The van der Waals surface area contributed by atoms with Gasteiger partial charge in [0.2, 0.25) is 5.91 Å². The Hall–Kier alpha value is -3.19. The number of carbonyl (C=O) groups excluding carboxylic acids is 2. The molecule has 29 heavy (non-hydrogen) atoms. The molecule has 2 unspecified atom stereocenters. The third-order valence-electron chi connectivity index (χ3n) is 5.12. The van der Waals surface area contributed by atoms with Crippen LogP contribution in [0.2, 0.25) is 0 Å². The summed E-state index contributed by atoms with van der Waals surface area (Å²) in [7, 11) is 0. The molecule has 1 aromatic carbocycles. The molecule has 3 heterocycles. The highest BCUT2D eigenvalue weighted by Crippen LogP contribution is 2.30. The number of anilines is 2. The van der Waals surface area contributed by atoms with Gasteiger partial charge in [0, 0.05) is 29.9 Å². The van der Waals surface area contributed by atoms with E-state index < -0.39 is 0 Å². The van der Waals surface area contributed by atoms with Gasteiger partial charge in [0.15, 0.2) is 0 Å². The van der Waals surface area contributed by atoms with Crippen molar-refractivity contribution in [2.75, 3.05) is 29.9 Å². The van der Waals surface area contributed by atoms with Gasteiger partial charge in [-0.05, 0) is 32.0 Å². The smallest absolute Gasteiger partial charge is 0.259 e. The highest BCUT2D eigenvalue weighted by atomic mass is 16.5. The SMILES string of the molecule is C=C1c2ccccc2C(=O)N1CC(=O)Nc1ccc(N2CC(C)OC(C)C2)nc1. The van der Waals surface area contributed by atoms with Crippen LogP contribution in [0.1, 0.15) is 29.8 Å². The highest BCUT2D eigenvalue weighted by Gasteiger charge is 2.32. The predicted molar refractivity (Wildman–Crippen MR) is 112 cm³/mol. The Morgan fingerprint density at radius 2 is 1.86 bits per heavy atom. The number of hydrogen-bond acceptors (Lipinski definition) is 5. The summed E-state index contributed by atoms with van der Waals surface area (Å²) in [4.78, 5) is 33.1. The van der Waals surface area contributed by atoms with Crippen molar-refractivity contribution in [2.45, 2.75) is 26.1 Å². The van der Waals surface area contributed by atoms with Crippen molar-refractivity contribution in [3.63, 3.8) is 0 Å². The molecule has 2 aliphatic rings. The molecule has 7 heteroatoms. The van der Waals surface area contributed by atoms with E-state index in [9.17, 15) is 9.59 Å². The number of benzene rings is 1. The van der Waals surface area contributed by atoms with Gasteiger partial charge in [-0.3, -0.25) is 14.5 Å². The number of pyridine rings is 1. The van der Waals surface area contributed by atoms with E-state index in [1.807, 2.05) is 38.1 Å². The van der Waals surface area contributed by atoms with E-state index in [0.717, 1.165) is 24.5 Å². The van der Waals surface area contributed by atoms with Crippen molar-refractivity contribution >= 4 is 29.0 Å². The molecule has 0 saturated carbocycles. The molecular weight excluding hydrogens is 368 g/mol. The van der Waals surface area contributed by atoms with E-state index in [1.165, 1.54) is 4.90 Å². The first-order chi connectivity index (χ1) is 13.9. The molecule has 2 aliphatic heterocycles. The van der Waals surface area contributed by atoms with Crippen molar-refractivity contribution in [3.05, 3.63) is 60.3 Å². The summed E-state index contributed by atoms with van der Waals surface area (Å²) >= 11 is 0. The normalized spacial score (nSPS) is 21.3. The Labute approximate surface area is 170 Å². The molecular formula is C22H24N4O3. The summed E-state index contributed by atoms with van der Waals surface area (Å²) in [6, 6.07) is 10.9. The minimum atomic E-state index is -0.296. The molecule has 1 saturated heterocycles. The Balaban J connectivity index is 1.38. The van der Waals surface area contributed by atoms with Crippen LogP contribution in [0.25, 0.3) is 5.70 Å². The zero-order valence-corrected chi connectivity index (χ0v) is 16.6. The fourth-order valence-corrected chi connectivity index (χ4v) is 3.86. The zero-order valence-electron chi connectivity index (χ0n) is 16.6. The third-order valence-corrected chi connectivity index (χ3v) is 5.12. The second kappa shape index (κ2) is 7.67. The Kier molecular flexibility index (Phi) is 5.07. The van der Waals surface area contributed by atoms with E-state index in [0.29, 0.717) is 16.9 Å². The summed E-state index contributed by atoms with van der Waals surface area (Å²) in [5.41, 5.74) is 2.48. The fraction of sp³-hybridized carbons (Fsp3) is 0.318. The Morgan fingerprint density at radius 1 is 1.17 bits per heavy atom. The van der Waals surface area contributed by atoms with E-state index in [-0.39, 0.29) is 30.6 Å². The van der Waals surface area contributed by atoms with Crippen molar-refractivity contribution in [1.82, 2.24) is 9.88 Å². The number of fused-ring (bicyclic) bond motifs is 1. The first-order valence-electron chi connectivity index (χ1n) is 9.69. The van der Waals surface area contributed by atoms with Crippen LogP contribution < -0.4 is 10.2 Å². The topological polar surface area (TPSA) is 74.8 Å². The lowest BCUT2D eigenvalue weighted by atomic mass is 10.1. The highest BCUT2D eigenvalue weighted by molar-refractivity contribution is 6.11. The fourth-order valence-electron chi connectivity index (χ4n) is 3.86. The molecule has 1 aromatic heterocycles. The van der Waals surface area contributed by atoms with Crippen LogP contribution in [-0.2, 0) is 9.53 Å². The van der Waals surface area contributed by atoms with Crippen LogP contribution in [0, 0.1) is 0 Å². The molecule has 0 bridgehead atoms. The minimum absolute atomic E-state index is 0.0907. The van der Waals surface area contributed by atoms with Crippen LogP contribution in [0.15, 0.2) is 49.2 Å². The van der Waals surface area contributed by atoms with Gasteiger partial charge in [-0.25, -0.2) is 4.98 Å². The maximum Gasteiger partial charge on any atom is 0.259 e. The zero-order chi connectivity index (χ0) is 20.5. The average molecular weight is 392 g/mol. The third kappa shape index (κ3) is 3.86. The van der Waals surface area contributed by atoms with Gasteiger partial charge < -0.3 is 15.0 Å². The van der Waals surface area contributed by atoms with Gasteiger partial charge in [0.1, 0.15) is 12.4 Å². The molecule has 1 N–H and O–H groups in total. The van der Waals surface area contributed by atoms with Crippen molar-refractivity contribution in [1.29, 1.82) is 0 Å². The van der Waals surface area contributed by atoms with Crippen LogP contribution in [0.5, 0.6) is 0 Å². The summed E-state index contributed by atoms with van der Waals surface area (Å²) in [6.45, 7) is 9.52. The summed E-state index contributed by atoms with van der Waals surface area (Å²) in [6.07, 6.45) is 1.93. The monoisotopic (exact) mass is 392 g/mol. The molecule has 0 spiro atoms. The van der Waals surface area contributed by atoms with Crippen LogP contribution in [-0.4, -0.2) is 53.5 Å². The second-order valence-corrected chi connectivity index (χ2v) is 7.50. The number of aromatic nitrogens is 1. The van der Waals surface area contributed by atoms with E-state index in [2.05, 4.69) is 21.8 Å². The summed E-state index contributed by atoms with van der Waals surface area (Å²) < 4.78 is 5.75. The van der Waals surface area contributed by atoms with Gasteiger partial charge in [-0.15, -0.1) is 0 Å². The molecule has 150 valence electrons. The number of carbonyl (C=O) groups is 2. The van der Waals surface area contributed by atoms with Crippen LogP contribution in [0.4, 0.5) is 11.5 Å². The van der Waals surface area contributed by atoms with Gasteiger partial charge in [0.25, 0.3) is 5.91 Å². The van der Waals surface area contributed by atoms with Crippen LogP contribution >= 0.6 is 0 Å². The quantitative estimate of drug-likeness (QED) is 0.866. The average Bonchev–Trinajstić information content (AvgIpc) is 2.93. The largest absolute Gasteiger partial charge is 0.372 e. The van der Waals surface area contributed by atoms with Gasteiger partial charge in [0.05, 0.1) is 24.1 Å². The maximum absolute atomic E-state index is 12.5. The first kappa shape index (κ1) is 19.1. The number of morpholine rings is 1. The van der Waals surface area contributed by atoms with Gasteiger partial charge >= 0.3 is 0 Å². The number of nitrogens with zero attached hydrogens (tertiary/aromatic N) is 3. The minimum Gasteiger partial charge on any atom is -0.372 e. The predicted octanol–water partition coefficient (Wildman–Crippen LogP) is 2.76. The first-order valence-corrected chi connectivity index (χ1v) is 9.69. The molecule has 2 atom stereocenters. The Morgan fingerprint density at radius 3 is 2.48 bits per heavy atom. The number of ether oxygens (including phenoxy) is 1. The number of rotatable bonds is 4. The van der Waals surface area contributed by atoms with Crippen LogP contribution in [0.3, 0.4) is 0 Å². The van der Waals surface area contributed by atoms with E-state index in [4.69, 9.17) is 4.74 Å². The molecule has 2 aromatic rings. The van der Waals surface area contributed by atoms with Crippen molar-refractivity contribution in [2.24, 2.45) is 0 Å². The molecule has 4 rings (SSSR count). The van der Waals surface area contributed by atoms with Gasteiger partial charge in [-0.1, -0.05) is 24.8 Å².